The van der Waals surface area contributed by atoms with Crippen LogP contribution in [0.4, 0.5) is 34.1 Å². The van der Waals surface area contributed by atoms with Crippen LogP contribution in [0.2, 0.25) is 0 Å². The van der Waals surface area contributed by atoms with Gasteiger partial charge >= 0.3 is 0 Å². The van der Waals surface area contributed by atoms with Gasteiger partial charge in [0, 0.05) is 45.0 Å². The highest BCUT2D eigenvalue weighted by molar-refractivity contribution is 5.86. The van der Waals surface area contributed by atoms with E-state index in [9.17, 15) is 0 Å². The lowest BCUT2D eigenvalue weighted by molar-refractivity contribution is -0.00518. The Bertz CT molecular complexity index is 2720. The second-order valence-electron chi connectivity index (χ2n) is 20.3. The van der Waals surface area contributed by atoms with Crippen molar-refractivity contribution in [1.29, 1.82) is 0 Å². The highest BCUT2D eigenvalue weighted by atomic mass is 15.1. The molecule has 4 bridgehead atoms. The van der Waals surface area contributed by atoms with Crippen molar-refractivity contribution in [3.63, 3.8) is 0 Å². The number of benzene rings is 7. The average molecular weight is 819 g/mol. The van der Waals surface area contributed by atoms with E-state index in [-0.39, 0.29) is 10.8 Å². The van der Waals surface area contributed by atoms with Gasteiger partial charge in [-0.1, -0.05) is 129 Å². The summed E-state index contributed by atoms with van der Waals surface area (Å²) < 4.78 is 0. The minimum atomic E-state index is -0.201. The van der Waals surface area contributed by atoms with Crippen LogP contribution < -0.4 is 9.80 Å². The summed E-state index contributed by atoms with van der Waals surface area (Å²) in [4.78, 5) is 4.87. The Hall–Kier alpha value is -6.12. The summed E-state index contributed by atoms with van der Waals surface area (Å²) >= 11 is 0. The number of nitrogens with zero attached hydrogens (tertiary/aromatic N) is 2. The lowest BCUT2D eigenvalue weighted by Gasteiger charge is -2.57. The topological polar surface area (TPSA) is 6.48 Å². The van der Waals surface area contributed by atoms with Crippen LogP contribution in [-0.4, -0.2) is 0 Å². The van der Waals surface area contributed by atoms with Crippen molar-refractivity contribution in [3.8, 4) is 11.1 Å². The quantitative estimate of drug-likeness (QED) is 0.134. The van der Waals surface area contributed by atoms with Crippen molar-refractivity contribution in [3.05, 3.63) is 216 Å². The molecular weight excluding hydrogens is 761 g/mol. The first kappa shape index (κ1) is 38.5. The number of hydrogen-bond acceptors (Lipinski definition) is 2. The zero-order chi connectivity index (χ0) is 42.2. The first-order valence-corrected chi connectivity index (χ1v) is 23.8. The van der Waals surface area contributed by atoms with Crippen molar-refractivity contribution in [2.24, 2.45) is 17.8 Å². The zero-order valence-corrected chi connectivity index (χ0v) is 36.9. The van der Waals surface area contributed by atoms with Crippen LogP contribution in [0.5, 0.6) is 0 Å². The van der Waals surface area contributed by atoms with Crippen molar-refractivity contribution in [1.82, 2.24) is 0 Å². The smallest absolute Gasteiger partial charge is 0.0465 e. The molecule has 0 heterocycles. The molecule has 0 N–H and O–H groups in total. The van der Waals surface area contributed by atoms with Gasteiger partial charge in [0.25, 0.3) is 0 Å². The first-order valence-electron chi connectivity index (χ1n) is 23.8. The molecule has 6 aliphatic carbocycles. The standard InChI is InChI=1S/C61H58N2/c1-59(2)57-19-11-10-18-55(57)56-33-32-54(39-58(56)59)63(52-26-20-46(21-27-52)60-40-43-36-44(41-60)38-45(37-43)42-60)53-30-24-48(25-31-53)61(34-12-5-13-35-61)47-22-28-51(29-23-47)62(49-14-6-3-7-15-49)50-16-8-4-9-17-50/h3-4,6-12,14-34,39,43-45H,5,13,35-38,40-42H2,1-2H3. The predicted octanol–water partition coefficient (Wildman–Crippen LogP) is 16.4. The van der Waals surface area contributed by atoms with Gasteiger partial charge in [0.05, 0.1) is 0 Å². The largest absolute Gasteiger partial charge is 0.311 e. The van der Waals surface area contributed by atoms with Gasteiger partial charge in [0.1, 0.15) is 0 Å². The summed E-state index contributed by atoms with van der Waals surface area (Å²) in [6.45, 7) is 4.79. The summed E-state index contributed by atoms with van der Waals surface area (Å²) in [6.07, 6.45) is 16.9. The molecule has 13 rings (SSSR count). The molecule has 0 amide bonds. The minimum Gasteiger partial charge on any atom is -0.311 e. The van der Waals surface area contributed by atoms with Crippen LogP contribution >= 0.6 is 0 Å². The van der Waals surface area contributed by atoms with Gasteiger partial charge in [-0.15, -0.1) is 0 Å². The molecule has 7 aromatic carbocycles. The lowest BCUT2D eigenvalue weighted by atomic mass is 9.48. The number of allylic oxidation sites excluding steroid dienone is 2. The third kappa shape index (κ3) is 6.43. The summed E-state index contributed by atoms with van der Waals surface area (Å²) in [7, 11) is 0. The number of para-hydroxylation sites is 2. The van der Waals surface area contributed by atoms with E-state index in [0.717, 1.165) is 54.1 Å². The molecule has 1 atom stereocenters. The molecular formula is C61H58N2. The number of anilines is 6. The van der Waals surface area contributed by atoms with Gasteiger partial charge < -0.3 is 9.80 Å². The van der Waals surface area contributed by atoms with E-state index in [2.05, 4.69) is 212 Å². The van der Waals surface area contributed by atoms with E-state index in [4.69, 9.17) is 0 Å². The molecule has 7 aromatic rings. The summed E-state index contributed by atoms with van der Waals surface area (Å²) in [5.41, 5.74) is 17.0. The number of fused-ring (bicyclic) bond motifs is 3. The summed E-state index contributed by atoms with van der Waals surface area (Å²) in [5, 5.41) is 0. The molecule has 4 fully saturated rings. The van der Waals surface area contributed by atoms with Gasteiger partial charge in [-0.3, -0.25) is 0 Å². The molecule has 0 aromatic heterocycles. The van der Waals surface area contributed by atoms with E-state index < -0.39 is 0 Å². The number of rotatable bonds is 9. The monoisotopic (exact) mass is 818 g/mol. The van der Waals surface area contributed by atoms with Crippen LogP contribution in [-0.2, 0) is 16.2 Å². The second-order valence-corrected chi connectivity index (χ2v) is 20.3. The van der Waals surface area contributed by atoms with Crippen LogP contribution in [0.15, 0.2) is 188 Å². The molecule has 6 aliphatic rings. The molecule has 0 saturated heterocycles. The fraction of sp³-hybridized carbons (Fsp3) is 0.279. The minimum absolute atomic E-state index is 0.0751. The SMILES string of the molecule is CC1(C)c2ccccc2-c2ccc(N(c3ccc(C45CC6CC(CC(C6)C4)C5)cc3)c3ccc(C4(c5ccc(N(c6ccccc6)c6ccccc6)cc5)C=CCCC4)cc3)cc21. The van der Waals surface area contributed by atoms with Crippen LogP contribution in [0.3, 0.4) is 0 Å². The molecule has 0 spiro atoms. The van der Waals surface area contributed by atoms with Crippen LogP contribution in [0.25, 0.3) is 11.1 Å². The van der Waals surface area contributed by atoms with Crippen molar-refractivity contribution >= 4 is 34.1 Å². The fourth-order valence-electron chi connectivity index (χ4n) is 13.6. The number of hydrogen-bond donors (Lipinski definition) is 0. The maximum Gasteiger partial charge on any atom is 0.0465 e. The second kappa shape index (κ2) is 15.0. The molecule has 63 heavy (non-hydrogen) atoms. The van der Waals surface area contributed by atoms with E-state index in [1.54, 1.807) is 5.56 Å². The molecule has 312 valence electrons. The van der Waals surface area contributed by atoms with E-state index in [1.807, 2.05) is 0 Å². The Kier molecular flexibility index (Phi) is 9.19. The first-order chi connectivity index (χ1) is 30.9. The molecule has 0 aliphatic heterocycles. The van der Waals surface area contributed by atoms with Gasteiger partial charge in [0.2, 0.25) is 0 Å². The molecule has 0 radical (unpaired) electrons. The maximum absolute atomic E-state index is 2.52. The molecule has 1 unspecified atom stereocenters. The van der Waals surface area contributed by atoms with Crippen LogP contribution in [0.1, 0.15) is 99.5 Å². The predicted molar refractivity (Wildman–Crippen MR) is 263 cm³/mol. The van der Waals surface area contributed by atoms with Crippen LogP contribution in [0, 0.1) is 17.8 Å². The Labute approximate surface area is 375 Å². The Morgan fingerprint density at radius 1 is 0.429 bits per heavy atom. The third-order valence-corrected chi connectivity index (χ3v) is 16.3. The Balaban J connectivity index is 0.921. The van der Waals surface area contributed by atoms with Gasteiger partial charge in [-0.05, 0) is 193 Å². The highest BCUT2D eigenvalue weighted by Crippen LogP contribution is 2.61. The normalized spacial score (nSPS) is 24.8. The fourth-order valence-corrected chi connectivity index (χ4v) is 13.6. The Morgan fingerprint density at radius 3 is 1.40 bits per heavy atom. The van der Waals surface area contributed by atoms with E-state index in [0.29, 0.717) is 5.41 Å². The van der Waals surface area contributed by atoms with Crippen molar-refractivity contribution < 1.29 is 0 Å². The summed E-state index contributed by atoms with van der Waals surface area (Å²) in [6, 6.07) is 66.5. The lowest BCUT2D eigenvalue weighted by Crippen LogP contribution is -2.48. The molecule has 4 saturated carbocycles. The maximum atomic E-state index is 2.52. The van der Waals surface area contributed by atoms with Gasteiger partial charge in [-0.2, -0.15) is 0 Å². The zero-order valence-electron chi connectivity index (χ0n) is 36.9. The van der Waals surface area contributed by atoms with E-state index in [1.165, 1.54) is 89.0 Å². The molecule has 2 nitrogen and oxygen atoms in total. The highest BCUT2D eigenvalue weighted by Gasteiger charge is 2.51. The summed E-state index contributed by atoms with van der Waals surface area (Å²) in [5.74, 6) is 2.80. The van der Waals surface area contributed by atoms with Crippen molar-refractivity contribution in [2.75, 3.05) is 9.80 Å². The third-order valence-electron chi connectivity index (χ3n) is 16.3. The Morgan fingerprint density at radius 2 is 0.873 bits per heavy atom. The van der Waals surface area contributed by atoms with Crippen molar-refractivity contribution in [2.45, 2.75) is 87.9 Å². The molecule has 2 heteroatoms. The van der Waals surface area contributed by atoms with Gasteiger partial charge in [-0.25, -0.2) is 0 Å². The average Bonchev–Trinajstić information content (AvgIpc) is 3.55. The van der Waals surface area contributed by atoms with E-state index >= 15 is 0 Å². The van der Waals surface area contributed by atoms with Gasteiger partial charge in [0.15, 0.2) is 0 Å².